The largest absolute Gasteiger partial charge is 0.462 e. The average Bonchev–Trinajstić information content (AvgIpc) is 3.27. The van der Waals surface area contributed by atoms with Gasteiger partial charge in [-0.25, -0.2) is 14.6 Å². The van der Waals surface area contributed by atoms with Crippen LogP contribution in [-0.4, -0.2) is 60.2 Å². The molecule has 3 atom stereocenters. The molecule has 13 heteroatoms. The van der Waals surface area contributed by atoms with Crippen LogP contribution in [0.15, 0.2) is 24.3 Å². The fourth-order valence-electron chi connectivity index (χ4n) is 5.03. The Morgan fingerprint density at radius 2 is 1.82 bits per heavy atom. The number of fused-ring (bicyclic) bond motifs is 1. The molecular weight excluding hydrogens is 575 g/mol. The molecule has 1 saturated heterocycles. The van der Waals surface area contributed by atoms with Gasteiger partial charge < -0.3 is 30.6 Å². The number of benzene rings is 1. The normalized spacial score (nSPS) is 19.2. The van der Waals surface area contributed by atoms with Gasteiger partial charge in [-0.2, -0.15) is 0 Å². The quantitative estimate of drug-likeness (QED) is 0.258. The molecule has 40 heavy (non-hydrogen) atoms. The first kappa shape index (κ1) is 28.3. The molecule has 0 spiro atoms. The maximum absolute atomic E-state index is 12.8. The van der Waals surface area contributed by atoms with Gasteiger partial charge in [0.25, 0.3) is 5.91 Å². The van der Waals surface area contributed by atoms with Crippen molar-refractivity contribution < 1.29 is 19.1 Å². The Kier molecular flexibility index (Phi) is 8.25. The molecule has 3 heterocycles. The summed E-state index contributed by atoms with van der Waals surface area (Å²) in [6.45, 7) is 7.66. The molecule has 5 rings (SSSR count). The van der Waals surface area contributed by atoms with Crippen LogP contribution in [0.1, 0.15) is 51.0 Å². The van der Waals surface area contributed by atoms with E-state index < -0.39 is 0 Å². The number of aromatic amines is 1. The molecule has 10 nitrogen and oxygen atoms in total. The number of carbonyl (C=O) groups excluding carboxylic acids is 3. The third kappa shape index (κ3) is 5.77. The number of urea groups is 1. The van der Waals surface area contributed by atoms with Crippen molar-refractivity contribution in [2.45, 2.75) is 33.2 Å². The molecule has 2 fully saturated rings. The summed E-state index contributed by atoms with van der Waals surface area (Å²) in [5.41, 5.74) is 3.22. The van der Waals surface area contributed by atoms with E-state index in [9.17, 15) is 14.4 Å². The molecular formula is C27H30Cl2N6O4S. The second-order valence-electron chi connectivity index (χ2n) is 9.84. The summed E-state index contributed by atoms with van der Waals surface area (Å²) in [5.74, 6) is -0.0726. The van der Waals surface area contributed by atoms with Crippen LogP contribution in [0.3, 0.4) is 0 Å². The highest BCUT2D eigenvalue weighted by Gasteiger charge is 2.57. The van der Waals surface area contributed by atoms with Crippen LogP contribution in [-0.2, 0) is 11.2 Å². The van der Waals surface area contributed by atoms with Crippen molar-refractivity contribution >= 4 is 63.3 Å². The van der Waals surface area contributed by atoms with Gasteiger partial charge in [0.1, 0.15) is 10.6 Å². The highest BCUT2D eigenvalue weighted by atomic mass is 35.5. The van der Waals surface area contributed by atoms with Gasteiger partial charge in [0, 0.05) is 55.3 Å². The molecule has 3 aromatic rings. The minimum atomic E-state index is -0.387. The smallest absolute Gasteiger partial charge is 0.350 e. The lowest BCUT2D eigenvalue weighted by Crippen LogP contribution is -2.34. The number of nitrogens with one attached hydrogen (secondary N) is 4. The van der Waals surface area contributed by atoms with Crippen LogP contribution in [0.2, 0.25) is 10.0 Å². The van der Waals surface area contributed by atoms with Crippen molar-refractivity contribution in [3.63, 3.8) is 0 Å². The molecule has 1 aliphatic heterocycles. The Bertz CT molecular complexity index is 1430. The van der Waals surface area contributed by atoms with Gasteiger partial charge in [0.15, 0.2) is 5.13 Å². The van der Waals surface area contributed by atoms with Crippen LogP contribution >= 0.6 is 34.5 Å². The first-order chi connectivity index (χ1) is 19.2. The zero-order chi connectivity index (χ0) is 28.6. The number of thiazole rings is 1. The maximum Gasteiger partial charge on any atom is 0.350 e. The van der Waals surface area contributed by atoms with E-state index in [4.69, 9.17) is 32.9 Å². The van der Waals surface area contributed by atoms with Crippen molar-refractivity contribution in [2.75, 3.05) is 36.5 Å². The number of esters is 1. The average molecular weight is 606 g/mol. The lowest BCUT2D eigenvalue weighted by Gasteiger charge is -2.19. The molecule has 2 aliphatic rings. The van der Waals surface area contributed by atoms with Crippen LogP contribution in [0, 0.1) is 18.8 Å². The summed E-state index contributed by atoms with van der Waals surface area (Å²) in [6, 6.07) is 7.23. The summed E-state index contributed by atoms with van der Waals surface area (Å²) in [5, 5.41) is 9.90. The lowest BCUT2D eigenvalue weighted by atomic mass is 10.1. The number of aryl methyl sites for hydroxylation is 1. The summed E-state index contributed by atoms with van der Waals surface area (Å²) in [6.07, 6.45) is 0.449. The Hall–Kier alpha value is -3.28. The number of hydrogen-bond acceptors (Lipinski definition) is 7. The Morgan fingerprint density at radius 3 is 2.42 bits per heavy atom. The van der Waals surface area contributed by atoms with Crippen molar-refractivity contribution in [3.8, 4) is 0 Å². The van der Waals surface area contributed by atoms with Crippen molar-refractivity contribution in [2.24, 2.45) is 11.8 Å². The molecule has 3 amide bonds. The fourth-order valence-corrected chi connectivity index (χ4v) is 6.44. The van der Waals surface area contributed by atoms with Gasteiger partial charge in [0.2, 0.25) is 0 Å². The second-order valence-corrected chi connectivity index (χ2v) is 11.6. The second kappa shape index (κ2) is 11.7. The van der Waals surface area contributed by atoms with Gasteiger partial charge in [0.05, 0.1) is 22.3 Å². The number of H-pyrrole nitrogens is 1. The molecule has 2 aromatic heterocycles. The summed E-state index contributed by atoms with van der Waals surface area (Å²) in [7, 11) is 0. The van der Waals surface area contributed by atoms with Gasteiger partial charge in [-0.15, -0.1) is 0 Å². The Morgan fingerprint density at radius 1 is 1.12 bits per heavy atom. The molecule has 0 bridgehead atoms. The molecule has 212 valence electrons. The standard InChI is InChI=1S/C27H30Cl2N6O4S/c1-4-30-26(38)32-15-8-6-14(7-9-15)10-18-23(25(37)39-5-2)40-27(33-18)35-11-16-17(12-35)21(16)34-24(36)22-20(29)19(28)13(3)31-22/h6-9,16-17,21,31H,4-5,10-12H2,1-3H3,(H,34,36)(H2,30,32,38)/t16-,17+,21?. The van der Waals surface area contributed by atoms with Crippen LogP contribution in [0.25, 0.3) is 0 Å². The number of rotatable bonds is 9. The van der Waals surface area contributed by atoms with Gasteiger partial charge in [-0.05, 0) is 38.5 Å². The van der Waals surface area contributed by atoms with Crippen molar-refractivity contribution in [3.05, 3.63) is 61.8 Å². The Balaban J connectivity index is 1.24. The predicted octanol–water partition coefficient (Wildman–Crippen LogP) is 4.86. The number of halogens is 2. The van der Waals surface area contributed by atoms with E-state index in [1.807, 2.05) is 31.2 Å². The molecule has 1 saturated carbocycles. The zero-order valence-electron chi connectivity index (χ0n) is 22.3. The van der Waals surface area contributed by atoms with E-state index in [1.54, 1.807) is 13.8 Å². The summed E-state index contributed by atoms with van der Waals surface area (Å²) >= 11 is 13.6. The van der Waals surface area contributed by atoms with E-state index in [1.165, 1.54) is 11.3 Å². The molecule has 1 unspecified atom stereocenters. The number of aromatic nitrogens is 2. The number of piperidine rings is 1. The summed E-state index contributed by atoms with van der Waals surface area (Å²) in [4.78, 5) is 47.7. The fraction of sp³-hybridized carbons (Fsp3) is 0.407. The lowest BCUT2D eigenvalue weighted by molar-refractivity contribution is 0.0530. The van der Waals surface area contributed by atoms with Crippen LogP contribution in [0.4, 0.5) is 15.6 Å². The number of anilines is 2. The third-order valence-electron chi connectivity index (χ3n) is 7.11. The first-order valence-corrected chi connectivity index (χ1v) is 14.7. The highest BCUT2D eigenvalue weighted by Crippen LogP contribution is 2.48. The van der Waals surface area contributed by atoms with E-state index in [-0.39, 0.29) is 53.1 Å². The van der Waals surface area contributed by atoms with E-state index in [0.717, 1.165) is 23.8 Å². The van der Waals surface area contributed by atoms with E-state index in [2.05, 4.69) is 25.8 Å². The third-order valence-corrected chi connectivity index (χ3v) is 9.20. The molecule has 1 aromatic carbocycles. The first-order valence-electron chi connectivity index (χ1n) is 13.1. The molecule has 1 aliphatic carbocycles. The summed E-state index contributed by atoms with van der Waals surface area (Å²) < 4.78 is 5.31. The van der Waals surface area contributed by atoms with E-state index >= 15 is 0 Å². The zero-order valence-corrected chi connectivity index (χ0v) is 24.6. The van der Waals surface area contributed by atoms with Gasteiger partial charge in [-0.3, -0.25) is 4.79 Å². The predicted molar refractivity (Wildman–Crippen MR) is 156 cm³/mol. The minimum absolute atomic E-state index is 0.0534. The topological polar surface area (TPSA) is 128 Å². The number of carbonyl (C=O) groups is 3. The van der Waals surface area contributed by atoms with Gasteiger partial charge in [-0.1, -0.05) is 46.7 Å². The number of ether oxygens (including phenoxy) is 1. The number of amides is 3. The van der Waals surface area contributed by atoms with Crippen molar-refractivity contribution in [1.82, 2.24) is 20.6 Å². The van der Waals surface area contributed by atoms with E-state index in [0.29, 0.717) is 39.9 Å². The number of nitrogens with zero attached hydrogens (tertiary/aromatic N) is 2. The minimum Gasteiger partial charge on any atom is -0.462 e. The molecule has 0 radical (unpaired) electrons. The molecule has 4 N–H and O–H groups in total. The van der Waals surface area contributed by atoms with Crippen LogP contribution in [0.5, 0.6) is 0 Å². The van der Waals surface area contributed by atoms with Gasteiger partial charge >= 0.3 is 12.0 Å². The Labute approximate surface area is 245 Å². The maximum atomic E-state index is 12.8. The monoisotopic (exact) mass is 604 g/mol. The van der Waals surface area contributed by atoms with Crippen molar-refractivity contribution in [1.29, 1.82) is 0 Å². The van der Waals surface area contributed by atoms with Crippen LogP contribution < -0.4 is 20.9 Å². The number of hydrogen-bond donors (Lipinski definition) is 4. The SMILES string of the molecule is CCNC(=O)Nc1ccc(Cc2nc(N3C[C@@H]4C(NC(=O)c5[nH]c(C)c(Cl)c5Cl)[C@@H]4C3)sc2C(=O)OCC)cc1. The highest BCUT2D eigenvalue weighted by molar-refractivity contribution is 7.17.